The molecule has 1 amide bonds. The van der Waals surface area contributed by atoms with Crippen molar-refractivity contribution in [1.29, 1.82) is 0 Å². The lowest BCUT2D eigenvalue weighted by atomic mass is 10.2. The lowest BCUT2D eigenvalue weighted by Crippen LogP contribution is -2.21. The largest absolute Gasteiger partial charge is 0.504 e. The highest BCUT2D eigenvalue weighted by atomic mass is 127. The molecule has 0 atom stereocenters. The number of anilines is 1. The highest BCUT2D eigenvalue weighted by Gasteiger charge is 2.12. The summed E-state index contributed by atoms with van der Waals surface area (Å²) in [5.74, 6) is -0.760. The van der Waals surface area contributed by atoms with Crippen molar-refractivity contribution in [2.75, 3.05) is 19.0 Å². The Morgan fingerprint density at radius 2 is 1.81 bits per heavy atom. The number of nitrogens with one attached hydrogen (secondary N) is 1. The summed E-state index contributed by atoms with van der Waals surface area (Å²) in [7, 11) is 1.44. The van der Waals surface area contributed by atoms with Gasteiger partial charge in [-0.1, -0.05) is 6.07 Å². The minimum atomic E-state index is -0.649. The van der Waals surface area contributed by atoms with Gasteiger partial charge in [0.15, 0.2) is 18.1 Å². The maximum atomic E-state index is 12.0. The molecule has 0 aromatic heterocycles. The average Bonchev–Trinajstić information content (AvgIpc) is 2.62. The first-order valence-electron chi connectivity index (χ1n) is 7.46. The number of amides is 1. The molecule has 0 aliphatic rings. The molecule has 27 heavy (non-hydrogen) atoms. The smallest absolute Gasteiger partial charge is 0.331 e. The van der Waals surface area contributed by atoms with Crippen LogP contribution in [-0.2, 0) is 14.3 Å². The molecule has 0 aliphatic heterocycles. The van der Waals surface area contributed by atoms with Gasteiger partial charge in [0.2, 0.25) is 0 Å². The summed E-state index contributed by atoms with van der Waals surface area (Å²) in [5, 5.41) is 12.3. The van der Waals surface area contributed by atoms with Gasteiger partial charge in [0.1, 0.15) is 0 Å². The third-order valence-corrected chi connectivity index (χ3v) is 5.56. The van der Waals surface area contributed by atoms with Crippen LogP contribution in [-0.4, -0.2) is 30.7 Å². The molecule has 0 saturated carbocycles. The maximum Gasteiger partial charge on any atom is 0.331 e. The van der Waals surface area contributed by atoms with E-state index in [1.807, 2.05) is 12.1 Å². The monoisotopic (exact) mass is 705 g/mol. The van der Waals surface area contributed by atoms with Crippen LogP contribution in [0.4, 0.5) is 5.69 Å². The van der Waals surface area contributed by atoms with Crippen LogP contribution in [0.5, 0.6) is 11.5 Å². The number of carbonyl (C=O) groups is 2. The normalized spacial score (nSPS) is 10.7. The number of phenols is 1. The fourth-order valence-corrected chi connectivity index (χ4v) is 5.84. The van der Waals surface area contributed by atoms with Crippen molar-refractivity contribution in [3.05, 3.63) is 52.7 Å². The summed E-state index contributed by atoms with van der Waals surface area (Å²) >= 11 is 6.49. The first-order valence-corrected chi connectivity index (χ1v) is 10.7. The molecule has 0 fully saturated rings. The molecule has 0 saturated heterocycles. The lowest BCUT2D eigenvalue weighted by molar-refractivity contribution is -0.142. The zero-order valence-corrected chi connectivity index (χ0v) is 20.4. The fraction of sp³-hybridized carbons (Fsp3) is 0.111. The Labute approximate surface area is 197 Å². The van der Waals surface area contributed by atoms with Crippen LogP contribution < -0.4 is 10.1 Å². The van der Waals surface area contributed by atoms with Crippen LogP contribution in [0.2, 0.25) is 0 Å². The van der Waals surface area contributed by atoms with Gasteiger partial charge in [0, 0.05) is 16.8 Å². The number of halogens is 3. The molecule has 2 rings (SSSR count). The minimum Gasteiger partial charge on any atom is -0.504 e. The summed E-state index contributed by atoms with van der Waals surface area (Å²) in [4.78, 5) is 23.8. The highest BCUT2D eigenvalue weighted by Crippen LogP contribution is 2.28. The van der Waals surface area contributed by atoms with E-state index < -0.39 is 11.9 Å². The second-order valence-corrected chi connectivity index (χ2v) is 8.73. The van der Waals surface area contributed by atoms with Crippen LogP contribution in [0, 0.1) is 10.7 Å². The summed E-state index contributed by atoms with van der Waals surface area (Å²) < 4.78 is 12.8. The molecule has 0 bridgehead atoms. The molecule has 0 radical (unpaired) electrons. The van der Waals surface area contributed by atoms with E-state index in [2.05, 4.69) is 73.1 Å². The zero-order valence-electron chi connectivity index (χ0n) is 14.0. The van der Waals surface area contributed by atoms with Crippen molar-refractivity contribution in [1.82, 2.24) is 0 Å². The van der Waals surface area contributed by atoms with Crippen LogP contribution in [0.25, 0.3) is 6.08 Å². The van der Waals surface area contributed by atoms with Gasteiger partial charge in [0.25, 0.3) is 5.91 Å². The molecule has 0 spiro atoms. The van der Waals surface area contributed by atoms with Crippen LogP contribution >= 0.6 is 67.8 Å². The first-order chi connectivity index (χ1) is 12.8. The van der Waals surface area contributed by atoms with Crippen LogP contribution in [0.15, 0.2) is 36.4 Å². The summed E-state index contributed by atoms with van der Waals surface area (Å²) in [6, 6.07) is 8.54. The van der Waals surface area contributed by atoms with Gasteiger partial charge in [-0.15, -0.1) is 0 Å². The van der Waals surface area contributed by atoms with Crippen molar-refractivity contribution in [3.8, 4) is 11.5 Å². The number of carbonyl (C=O) groups excluding carboxylic acids is 2. The van der Waals surface area contributed by atoms with E-state index in [1.165, 1.54) is 25.3 Å². The summed E-state index contributed by atoms with van der Waals surface area (Å²) in [6.45, 7) is -0.389. The van der Waals surface area contributed by atoms with E-state index >= 15 is 0 Å². The SMILES string of the molecule is COc1cc(C=CC(=O)OCC(=O)Nc2c(I)cc(I)cc2I)ccc1O. The number of ether oxygens (including phenoxy) is 2. The molecular formula is C18H14I3NO5. The topological polar surface area (TPSA) is 84.9 Å². The van der Waals surface area contributed by atoms with Crippen molar-refractivity contribution in [2.24, 2.45) is 0 Å². The van der Waals surface area contributed by atoms with Crippen molar-refractivity contribution >= 4 is 91.4 Å². The van der Waals surface area contributed by atoms with Gasteiger partial charge >= 0.3 is 5.97 Å². The van der Waals surface area contributed by atoms with Gasteiger partial charge in [-0.05, 0) is 104 Å². The van der Waals surface area contributed by atoms with E-state index in [9.17, 15) is 14.7 Å². The number of hydrogen-bond acceptors (Lipinski definition) is 5. The molecular weight excluding hydrogens is 691 g/mol. The summed E-state index contributed by atoms with van der Waals surface area (Å²) in [6.07, 6.45) is 2.71. The van der Waals surface area contributed by atoms with Crippen molar-refractivity contribution < 1.29 is 24.2 Å². The Hall–Kier alpha value is -1.09. The minimum absolute atomic E-state index is 0.00811. The molecule has 0 heterocycles. The van der Waals surface area contributed by atoms with E-state index in [-0.39, 0.29) is 12.4 Å². The lowest BCUT2D eigenvalue weighted by Gasteiger charge is -2.10. The zero-order chi connectivity index (χ0) is 20.0. The molecule has 142 valence electrons. The Balaban J connectivity index is 1.91. The quantitative estimate of drug-likeness (QED) is 0.265. The predicted octanol–water partition coefficient (Wildman–Crippen LogP) is 4.41. The third-order valence-electron chi connectivity index (χ3n) is 3.23. The van der Waals surface area contributed by atoms with Crippen LogP contribution in [0.1, 0.15) is 5.56 Å². The van der Waals surface area contributed by atoms with Gasteiger partial charge in [-0.25, -0.2) is 4.79 Å². The van der Waals surface area contributed by atoms with E-state index in [4.69, 9.17) is 9.47 Å². The van der Waals surface area contributed by atoms with E-state index in [1.54, 1.807) is 12.1 Å². The predicted molar refractivity (Wildman–Crippen MR) is 128 cm³/mol. The molecule has 9 heteroatoms. The Morgan fingerprint density at radius 1 is 1.15 bits per heavy atom. The Bertz CT molecular complexity index is 876. The standard InChI is InChI=1S/C18H14I3NO5/c1-26-15-6-10(2-4-14(15)23)3-5-17(25)27-9-16(24)22-18-12(20)7-11(19)8-13(18)21/h2-8,23H,9H2,1H3,(H,22,24). The van der Waals surface area contributed by atoms with Crippen LogP contribution in [0.3, 0.4) is 0 Å². The molecule has 2 aromatic carbocycles. The Kier molecular flexibility index (Phi) is 8.60. The second-order valence-electron chi connectivity index (χ2n) is 5.16. The number of phenolic OH excluding ortho intramolecular Hbond substituents is 1. The van der Waals surface area contributed by atoms with Gasteiger partial charge < -0.3 is 19.9 Å². The maximum absolute atomic E-state index is 12.0. The number of rotatable bonds is 6. The number of benzene rings is 2. The number of aromatic hydroxyl groups is 1. The van der Waals surface area contributed by atoms with E-state index in [0.29, 0.717) is 17.0 Å². The summed E-state index contributed by atoms with van der Waals surface area (Å²) in [5.41, 5.74) is 1.35. The van der Waals surface area contributed by atoms with Gasteiger partial charge in [-0.2, -0.15) is 0 Å². The third kappa shape index (κ3) is 6.78. The average molecular weight is 705 g/mol. The molecule has 2 N–H and O–H groups in total. The molecule has 0 aliphatic carbocycles. The van der Waals surface area contributed by atoms with E-state index in [0.717, 1.165) is 10.7 Å². The molecule has 6 nitrogen and oxygen atoms in total. The highest BCUT2D eigenvalue weighted by molar-refractivity contribution is 14.1. The number of methoxy groups -OCH3 is 1. The Morgan fingerprint density at radius 3 is 2.44 bits per heavy atom. The number of hydrogen-bond donors (Lipinski definition) is 2. The van der Waals surface area contributed by atoms with Crippen molar-refractivity contribution in [2.45, 2.75) is 0 Å². The number of esters is 1. The molecule has 2 aromatic rings. The first kappa shape index (κ1) is 22.2. The van der Waals surface area contributed by atoms with Gasteiger partial charge in [0.05, 0.1) is 12.8 Å². The van der Waals surface area contributed by atoms with Gasteiger partial charge in [-0.3, -0.25) is 4.79 Å². The second kappa shape index (κ2) is 10.5. The fourth-order valence-electron chi connectivity index (χ4n) is 1.98. The molecule has 0 unspecified atom stereocenters. The van der Waals surface area contributed by atoms with Crippen molar-refractivity contribution in [3.63, 3.8) is 0 Å².